The number of aliphatic hydroxyl groups is 1. The third-order valence-electron chi connectivity index (χ3n) is 3.86. The standard InChI is InChI=1S/C17H26O3/c1-4-5-7-12-15(18)16(17(19)20-3)13(2)14-10-8-6-9-11-14/h6,8-11,13,15-16,18H,4-5,7,12H2,1-3H3/t13-,15+,16+/m1/s1. The molecule has 0 aliphatic rings. The highest BCUT2D eigenvalue weighted by atomic mass is 16.5. The summed E-state index contributed by atoms with van der Waals surface area (Å²) in [5.41, 5.74) is 1.05. The van der Waals surface area contributed by atoms with E-state index in [0.29, 0.717) is 6.42 Å². The zero-order valence-corrected chi connectivity index (χ0v) is 12.7. The maximum absolute atomic E-state index is 12.0. The van der Waals surface area contributed by atoms with Crippen LogP contribution in [-0.2, 0) is 9.53 Å². The molecule has 0 aliphatic carbocycles. The molecule has 0 saturated carbocycles. The molecule has 20 heavy (non-hydrogen) atoms. The minimum Gasteiger partial charge on any atom is -0.469 e. The predicted molar refractivity (Wildman–Crippen MR) is 80.5 cm³/mol. The Balaban J connectivity index is 2.80. The molecule has 1 aromatic rings. The Morgan fingerprint density at radius 3 is 2.45 bits per heavy atom. The van der Waals surface area contributed by atoms with E-state index in [-0.39, 0.29) is 11.9 Å². The average Bonchev–Trinajstić information content (AvgIpc) is 2.48. The number of ether oxygens (including phenoxy) is 1. The van der Waals surface area contributed by atoms with Crippen molar-refractivity contribution in [3.05, 3.63) is 35.9 Å². The van der Waals surface area contributed by atoms with Gasteiger partial charge in [-0.15, -0.1) is 0 Å². The normalized spacial score (nSPS) is 15.4. The molecule has 112 valence electrons. The van der Waals surface area contributed by atoms with Gasteiger partial charge in [0.25, 0.3) is 0 Å². The van der Waals surface area contributed by atoms with Crippen LogP contribution in [0.5, 0.6) is 0 Å². The van der Waals surface area contributed by atoms with Crippen LogP contribution >= 0.6 is 0 Å². The Morgan fingerprint density at radius 1 is 1.25 bits per heavy atom. The number of hydrogen-bond donors (Lipinski definition) is 1. The molecule has 3 atom stereocenters. The molecule has 0 heterocycles. The van der Waals surface area contributed by atoms with Crippen molar-refractivity contribution in [2.45, 2.75) is 51.6 Å². The van der Waals surface area contributed by atoms with Crippen LogP contribution in [0.2, 0.25) is 0 Å². The highest BCUT2D eigenvalue weighted by Crippen LogP contribution is 2.30. The molecular formula is C17H26O3. The number of methoxy groups -OCH3 is 1. The first-order chi connectivity index (χ1) is 9.61. The van der Waals surface area contributed by atoms with Crippen molar-refractivity contribution in [2.24, 2.45) is 5.92 Å². The number of benzene rings is 1. The van der Waals surface area contributed by atoms with Gasteiger partial charge in [-0.1, -0.05) is 63.4 Å². The number of esters is 1. The fourth-order valence-corrected chi connectivity index (χ4v) is 2.58. The van der Waals surface area contributed by atoms with Gasteiger partial charge in [0.1, 0.15) is 0 Å². The van der Waals surface area contributed by atoms with Crippen LogP contribution in [0.1, 0.15) is 51.0 Å². The van der Waals surface area contributed by atoms with Crippen molar-refractivity contribution < 1.29 is 14.6 Å². The summed E-state index contributed by atoms with van der Waals surface area (Å²) in [6.45, 7) is 4.09. The van der Waals surface area contributed by atoms with Gasteiger partial charge in [-0.25, -0.2) is 0 Å². The van der Waals surface area contributed by atoms with Gasteiger partial charge in [-0.3, -0.25) is 4.79 Å². The molecule has 1 aromatic carbocycles. The minimum absolute atomic E-state index is 0.0553. The summed E-state index contributed by atoms with van der Waals surface area (Å²) in [6, 6.07) is 9.81. The van der Waals surface area contributed by atoms with Crippen molar-refractivity contribution in [3.63, 3.8) is 0 Å². The Bertz CT molecular complexity index is 388. The molecule has 3 heteroatoms. The van der Waals surface area contributed by atoms with E-state index in [0.717, 1.165) is 24.8 Å². The lowest BCUT2D eigenvalue weighted by molar-refractivity contribution is -0.150. The summed E-state index contributed by atoms with van der Waals surface area (Å²) >= 11 is 0. The van der Waals surface area contributed by atoms with Crippen LogP contribution in [0, 0.1) is 5.92 Å². The number of carbonyl (C=O) groups excluding carboxylic acids is 1. The van der Waals surface area contributed by atoms with Gasteiger partial charge in [0, 0.05) is 0 Å². The Hall–Kier alpha value is -1.35. The molecule has 0 spiro atoms. The molecule has 0 radical (unpaired) electrons. The van der Waals surface area contributed by atoms with E-state index in [1.54, 1.807) is 0 Å². The van der Waals surface area contributed by atoms with E-state index in [1.165, 1.54) is 7.11 Å². The highest BCUT2D eigenvalue weighted by molar-refractivity contribution is 5.74. The SMILES string of the molecule is CCCCC[C@H](O)[C@@H](C(=O)OC)[C@H](C)c1ccccc1. The van der Waals surface area contributed by atoms with Crippen molar-refractivity contribution in [2.75, 3.05) is 7.11 Å². The molecule has 0 bridgehead atoms. The molecule has 0 saturated heterocycles. The van der Waals surface area contributed by atoms with Crippen LogP contribution in [-0.4, -0.2) is 24.3 Å². The summed E-state index contributed by atoms with van der Waals surface area (Å²) in [4.78, 5) is 12.0. The largest absolute Gasteiger partial charge is 0.469 e. The second-order valence-electron chi connectivity index (χ2n) is 5.31. The zero-order valence-electron chi connectivity index (χ0n) is 12.7. The van der Waals surface area contributed by atoms with E-state index in [9.17, 15) is 9.90 Å². The number of unbranched alkanes of at least 4 members (excludes halogenated alkanes) is 2. The van der Waals surface area contributed by atoms with Gasteiger partial charge in [0.2, 0.25) is 0 Å². The number of aliphatic hydroxyl groups excluding tert-OH is 1. The van der Waals surface area contributed by atoms with E-state index < -0.39 is 12.0 Å². The lowest BCUT2D eigenvalue weighted by atomic mass is 9.82. The third-order valence-corrected chi connectivity index (χ3v) is 3.86. The van der Waals surface area contributed by atoms with Crippen LogP contribution in [0.25, 0.3) is 0 Å². The highest BCUT2D eigenvalue weighted by Gasteiger charge is 2.33. The Labute approximate surface area is 122 Å². The van der Waals surface area contributed by atoms with Crippen molar-refractivity contribution >= 4 is 5.97 Å². The van der Waals surface area contributed by atoms with Gasteiger partial charge < -0.3 is 9.84 Å². The van der Waals surface area contributed by atoms with Gasteiger partial charge >= 0.3 is 5.97 Å². The molecule has 0 amide bonds. The van der Waals surface area contributed by atoms with Crippen molar-refractivity contribution in [1.82, 2.24) is 0 Å². The first-order valence-corrected chi connectivity index (χ1v) is 7.42. The van der Waals surface area contributed by atoms with Crippen LogP contribution in [0.4, 0.5) is 0 Å². The molecule has 3 nitrogen and oxygen atoms in total. The van der Waals surface area contributed by atoms with Gasteiger partial charge in [0.15, 0.2) is 0 Å². The summed E-state index contributed by atoms with van der Waals surface area (Å²) in [5.74, 6) is -0.884. The molecule has 0 aliphatic heterocycles. The molecule has 0 fully saturated rings. The van der Waals surface area contributed by atoms with Crippen LogP contribution in [0.3, 0.4) is 0 Å². The van der Waals surface area contributed by atoms with Crippen LogP contribution < -0.4 is 0 Å². The summed E-state index contributed by atoms with van der Waals surface area (Å²) in [7, 11) is 1.38. The maximum Gasteiger partial charge on any atom is 0.311 e. The number of carbonyl (C=O) groups is 1. The second kappa shape index (κ2) is 8.75. The van der Waals surface area contributed by atoms with E-state index in [1.807, 2.05) is 37.3 Å². The smallest absolute Gasteiger partial charge is 0.311 e. The first kappa shape index (κ1) is 16.7. The lowest BCUT2D eigenvalue weighted by Crippen LogP contribution is -2.33. The number of hydrogen-bond acceptors (Lipinski definition) is 3. The topological polar surface area (TPSA) is 46.5 Å². The second-order valence-corrected chi connectivity index (χ2v) is 5.31. The van der Waals surface area contributed by atoms with E-state index >= 15 is 0 Å². The third kappa shape index (κ3) is 4.64. The van der Waals surface area contributed by atoms with Gasteiger partial charge in [-0.2, -0.15) is 0 Å². The summed E-state index contributed by atoms with van der Waals surface area (Å²) in [6.07, 6.45) is 3.11. The fourth-order valence-electron chi connectivity index (χ4n) is 2.58. The quantitative estimate of drug-likeness (QED) is 0.584. The molecular weight excluding hydrogens is 252 g/mol. The maximum atomic E-state index is 12.0. The first-order valence-electron chi connectivity index (χ1n) is 7.42. The predicted octanol–water partition coefficient (Wildman–Crippen LogP) is 3.52. The Kier molecular flexibility index (Phi) is 7.31. The van der Waals surface area contributed by atoms with E-state index in [4.69, 9.17) is 4.74 Å². The van der Waals surface area contributed by atoms with Gasteiger partial charge in [-0.05, 0) is 17.9 Å². The molecule has 0 unspecified atom stereocenters. The summed E-state index contributed by atoms with van der Waals surface area (Å²) in [5, 5.41) is 10.4. The molecule has 0 aromatic heterocycles. The van der Waals surface area contributed by atoms with Crippen LogP contribution in [0.15, 0.2) is 30.3 Å². The van der Waals surface area contributed by atoms with Gasteiger partial charge in [0.05, 0.1) is 19.1 Å². The molecule has 1 N–H and O–H groups in total. The average molecular weight is 278 g/mol. The molecule has 1 rings (SSSR count). The Morgan fingerprint density at radius 2 is 1.90 bits per heavy atom. The fraction of sp³-hybridized carbons (Fsp3) is 0.588. The monoisotopic (exact) mass is 278 g/mol. The zero-order chi connectivity index (χ0) is 15.0. The van der Waals surface area contributed by atoms with Crippen molar-refractivity contribution in [3.8, 4) is 0 Å². The number of rotatable bonds is 8. The minimum atomic E-state index is -0.649. The summed E-state index contributed by atoms with van der Waals surface area (Å²) < 4.78 is 4.88. The van der Waals surface area contributed by atoms with Crippen molar-refractivity contribution in [1.29, 1.82) is 0 Å². The van der Waals surface area contributed by atoms with E-state index in [2.05, 4.69) is 6.92 Å². The lowest BCUT2D eigenvalue weighted by Gasteiger charge is -2.26.